The third-order valence-corrected chi connectivity index (χ3v) is 2.50. The van der Waals surface area contributed by atoms with Crippen molar-refractivity contribution in [1.82, 2.24) is 5.32 Å². The van der Waals surface area contributed by atoms with Gasteiger partial charge in [0.25, 0.3) is 0 Å². The van der Waals surface area contributed by atoms with Crippen molar-refractivity contribution >= 4 is 0 Å². The van der Waals surface area contributed by atoms with Crippen molar-refractivity contribution < 1.29 is 17.9 Å². The number of ether oxygens (including phenoxy) is 1. The molecule has 1 aliphatic heterocycles. The molecule has 88 valence electrons. The third kappa shape index (κ3) is 2.47. The number of hydrogen-bond acceptors (Lipinski definition) is 2. The predicted octanol–water partition coefficient (Wildman–Crippen LogP) is 2.45. The number of alkyl halides is 3. The molecule has 0 radical (unpaired) electrons. The van der Waals surface area contributed by atoms with Crippen molar-refractivity contribution in [3.8, 4) is 5.75 Å². The van der Waals surface area contributed by atoms with Crippen LogP contribution in [0.15, 0.2) is 24.3 Å². The molecular weight excluding hydrogens is 219 g/mol. The summed E-state index contributed by atoms with van der Waals surface area (Å²) in [5.41, 5.74) is -0.707. The van der Waals surface area contributed by atoms with E-state index >= 15 is 0 Å². The first-order valence-corrected chi connectivity index (χ1v) is 5.11. The highest BCUT2D eigenvalue weighted by Crippen LogP contribution is 2.36. The van der Waals surface area contributed by atoms with E-state index in [1.165, 1.54) is 12.1 Å². The summed E-state index contributed by atoms with van der Waals surface area (Å²) in [7, 11) is 0. The lowest BCUT2D eigenvalue weighted by Gasteiger charge is -2.17. The lowest BCUT2D eigenvalue weighted by molar-refractivity contribution is -0.139. The van der Waals surface area contributed by atoms with Crippen LogP contribution >= 0.6 is 0 Å². The molecule has 1 aliphatic rings. The van der Waals surface area contributed by atoms with Gasteiger partial charge in [-0.05, 0) is 25.1 Å². The molecule has 1 aromatic carbocycles. The van der Waals surface area contributed by atoms with Gasteiger partial charge in [0.1, 0.15) is 11.9 Å². The van der Waals surface area contributed by atoms with Crippen LogP contribution in [0.3, 0.4) is 0 Å². The highest BCUT2D eigenvalue weighted by molar-refractivity contribution is 5.35. The van der Waals surface area contributed by atoms with E-state index in [0.717, 1.165) is 19.0 Å². The van der Waals surface area contributed by atoms with Crippen LogP contribution in [0.2, 0.25) is 0 Å². The van der Waals surface area contributed by atoms with Gasteiger partial charge in [-0.2, -0.15) is 13.2 Å². The Morgan fingerprint density at radius 3 is 2.62 bits per heavy atom. The van der Waals surface area contributed by atoms with Crippen molar-refractivity contribution in [2.45, 2.75) is 18.7 Å². The fraction of sp³-hybridized carbons (Fsp3) is 0.455. The van der Waals surface area contributed by atoms with E-state index in [9.17, 15) is 13.2 Å². The molecule has 0 unspecified atom stereocenters. The van der Waals surface area contributed by atoms with Crippen LogP contribution < -0.4 is 10.1 Å². The number of hydrogen-bond donors (Lipinski definition) is 1. The third-order valence-electron chi connectivity index (χ3n) is 2.50. The molecule has 1 saturated heterocycles. The van der Waals surface area contributed by atoms with Gasteiger partial charge in [0.2, 0.25) is 0 Å². The molecule has 2 rings (SSSR count). The van der Waals surface area contributed by atoms with E-state index in [-0.39, 0.29) is 11.9 Å². The minimum Gasteiger partial charge on any atom is -0.488 e. The van der Waals surface area contributed by atoms with Crippen LogP contribution in [-0.2, 0) is 6.18 Å². The van der Waals surface area contributed by atoms with Crippen LogP contribution in [-0.4, -0.2) is 19.2 Å². The summed E-state index contributed by atoms with van der Waals surface area (Å²) < 4.78 is 43.2. The maximum atomic E-state index is 12.6. The summed E-state index contributed by atoms with van der Waals surface area (Å²) >= 11 is 0. The average Bonchev–Trinajstić information content (AvgIpc) is 2.70. The molecule has 0 amide bonds. The monoisotopic (exact) mass is 231 g/mol. The van der Waals surface area contributed by atoms with Crippen molar-refractivity contribution in [2.24, 2.45) is 0 Å². The number of benzene rings is 1. The summed E-state index contributed by atoms with van der Waals surface area (Å²) in [5.74, 6) is -0.0799. The highest BCUT2D eigenvalue weighted by atomic mass is 19.4. The topological polar surface area (TPSA) is 21.3 Å². The Bertz CT molecular complexity index is 358. The van der Waals surface area contributed by atoms with Gasteiger partial charge in [-0.25, -0.2) is 0 Å². The van der Waals surface area contributed by atoms with E-state index in [2.05, 4.69) is 5.32 Å². The standard InChI is InChI=1S/C11H12F3NO/c12-11(13,14)9-3-1-2-4-10(9)16-8-5-6-15-7-8/h1-4,8,15H,5-7H2/t8-/m1/s1. The smallest absolute Gasteiger partial charge is 0.419 e. The SMILES string of the molecule is FC(F)(F)c1ccccc1O[C@@H]1CCNC1. The normalized spacial score (nSPS) is 21.1. The zero-order valence-corrected chi connectivity index (χ0v) is 8.55. The van der Waals surface area contributed by atoms with Gasteiger partial charge in [0.05, 0.1) is 5.56 Å². The highest BCUT2D eigenvalue weighted by Gasteiger charge is 2.34. The summed E-state index contributed by atoms with van der Waals surface area (Å²) in [6.45, 7) is 1.39. The Labute approximate surface area is 91.4 Å². The van der Waals surface area contributed by atoms with Gasteiger partial charge in [-0.3, -0.25) is 0 Å². The maximum absolute atomic E-state index is 12.6. The van der Waals surface area contributed by atoms with E-state index in [4.69, 9.17) is 4.74 Å². The first kappa shape index (κ1) is 11.3. The first-order chi connectivity index (χ1) is 7.57. The largest absolute Gasteiger partial charge is 0.488 e. The lowest BCUT2D eigenvalue weighted by atomic mass is 10.2. The van der Waals surface area contributed by atoms with E-state index in [1.807, 2.05) is 0 Å². The van der Waals surface area contributed by atoms with Crippen molar-refractivity contribution in [3.63, 3.8) is 0 Å². The molecule has 1 fully saturated rings. The fourth-order valence-electron chi connectivity index (χ4n) is 1.71. The van der Waals surface area contributed by atoms with Crippen molar-refractivity contribution in [1.29, 1.82) is 0 Å². The summed E-state index contributed by atoms with van der Waals surface area (Å²) in [6.07, 6.45) is -3.78. The molecular formula is C11H12F3NO. The van der Waals surface area contributed by atoms with Gasteiger partial charge >= 0.3 is 6.18 Å². The Hall–Kier alpha value is -1.23. The second-order valence-electron chi connectivity index (χ2n) is 3.73. The van der Waals surface area contributed by atoms with Gasteiger partial charge < -0.3 is 10.1 Å². The quantitative estimate of drug-likeness (QED) is 0.844. The second-order valence-corrected chi connectivity index (χ2v) is 3.73. The molecule has 0 saturated carbocycles. The van der Waals surface area contributed by atoms with E-state index < -0.39 is 11.7 Å². The Kier molecular flexibility index (Phi) is 3.05. The van der Waals surface area contributed by atoms with Crippen LogP contribution in [0.5, 0.6) is 5.75 Å². The predicted molar refractivity (Wildman–Crippen MR) is 53.3 cm³/mol. The summed E-state index contributed by atoms with van der Waals surface area (Å²) in [6, 6.07) is 5.31. The molecule has 1 heterocycles. The molecule has 0 aliphatic carbocycles. The Morgan fingerprint density at radius 2 is 2.00 bits per heavy atom. The van der Waals surface area contributed by atoms with Gasteiger partial charge in [-0.15, -0.1) is 0 Å². The zero-order chi connectivity index (χ0) is 11.6. The van der Waals surface area contributed by atoms with Crippen LogP contribution in [0.25, 0.3) is 0 Å². The van der Waals surface area contributed by atoms with Gasteiger partial charge in [0, 0.05) is 6.54 Å². The van der Waals surface area contributed by atoms with Crippen LogP contribution in [0.1, 0.15) is 12.0 Å². The molecule has 0 aromatic heterocycles. The average molecular weight is 231 g/mol. The molecule has 1 N–H and O–H groups in total. The maximum Gasteiger partial charge on any atom is 0.419 e. The van der Waals surface area contributed by atoms with Gasteiger partial charge in [-0.1, -0.05) is 12.1 Å². The Morgan fingerprint density at radius 1 is 1.25 bits per heavy atom. The fourth-order valence-corrected chi connectivity index (χ4v) is 1.71. The molecule has 0 spiro atoms. The molecule has 1 aromatic rings. The van der Waals surface area contributed by atoms with Crippen LogP contribution in [0, 0.1) is 0 Å². The van der Waals surface area contributed by atoms with Gasteiger partial charge in [0.15, 0.2) is 0 Å². The number of rotatable bonds is 2. The molecule has 1 atom stereocenters. The minimum atomic E-state index is -4.36. The number of para-hydroxylation sites is 1. The molecule has 16 heavy (non-hydrogen) atoms. The first-order valence-electron chi connectivity index (χ1n) is 5.11. The molecule has 2 nitrogen and oxygen atoms in total. The minimum absolute atomic E-state index is 0.0799. The zero-order valence-electron chi connectivity index (χ0n) is 8.55. The summed E-state index contributed by atoms with van der Waals surface area (Å²) in [5, 5.41) is 3.04. The number of halogens is 3. The number of nitrogens with one attached hydrogen (secondary N) is 1. The van der Waals surface area contributed by atoms with E-state index in [0.29, 0.717) is 6.54 Å². The van der Waals surface area contributed by atoms with Crippen molar-refractivity contribution in [2.75, 3.05) is 13.1 Å². The molecule has 0 bridgehead atoms. The summed E-state index contributed by atoms with van der Waals surface area (Å²) in [4.78, 5) is 0. The molecule has 5 heteroatoms. The second kappa shape index (κ2) is 4.33. The Balaban J connectivity index is 2.19. The van der Waals surface area contributed by atoms with Crippen molar-refractivity contribution in [3.05, 3.63) is 29.8 Å². The lowest BCUT2D eigenvalue weighted by Crippen LogP contribution is -2.21. The van der Waals surface area contributed by atoms with E-state index in [1.54, 1.807) is 6.07 Å². The van der Waals surface area contributed by atoms with Crippen LogP contribution in [0.4, 0.5) is 13.2 Å².